The highest BCUT2D eigenvalue weighted by Gasteiger charge is 2.15. The molecule has 1 unspecified atom stereocenters. The first-order valence-corrected chi connectivity index (χ1v) is 9.67. The van der Waals surface area contributed by atoms with Crippen LogP contribution in [0, 0.1) is 0 Å². The van der Waals surface area contributed by atoms with Crippen LogP contribution in [0.4, 0.5) is 0 Å². The van der Waals surface area contributed by atoms with Crippen LogP contribution in [0.15, 0.2) is 84.9 Å². The maximum absolute atomic E-state index is 12.2. The van der Waals surface area contributed by atoms with Gasteiger partial charge < -0.3 is 5.32 Å². The van der Waals surface area contributed by atoms with Crippen molar-refractivity contribution in [2.45, 2.75) is 12.5 Å². The molecule has 2 amide bonds. The molecule has 0 radical (unpaired) electrons. The molecular weight excluding hydrogens is 386 g/mol. The number of hydrazine groups is 1. The topological polar surface area (TPSA) is 70.2 Å². The van der Waals surface area contributed by atoms with Gasteiger partial charge in [0.2, 0.25) is 0 Å². The summed E-state index contributed by atoms with van der Waals surface area (Å²) in [6, 6.07) is 26.6. The molecule has 3 aromatic rings. The molecular formula is C23H22ClN3O2. The Balaban J connectivity index is 1.56. The first-order chi connectivity index (χ1) is 14.1. The Bertz CT molecular complexity index is 949. The summed E-state index contributed by atoms with van der Waals surface area (Å²) in [6.07, 6.45) is 0.740. The van der Waals surface area contributed by atoms with Crippen molar-refractivity contribution in [3.8, 4) is 0 Å². The zero-order valence-electron chi connectivity index (χ0n) is 15.8. The van der Waals surface area contributed by atoms with E-state index < -0.39 is 5.91 Å². The maximum Gasteiger partial charge on any atom is 0.271 e. The Hall–Kier alpha value is -3.15. The molecule has 0 saturated heterocycles. The number of benzene rings is 3. The van der Waals surface area contributed by atoms with Gasteiger partial charge >= 0.3 is 0 Å². The zero-order chi connectivity index (χ0) is 20.5. The molecule has 0 spiro atoms. The number of halogens is 1. The van der Waals surface area contributed by atoms with E-state index in [2.05, 4.69) is 28.3 Å². The third-order valence-electron chi connectivity index (χ3n) is 4.43. The minimum Gasteiger partial charge on any atom is -0.301 e. The number of hydrogen-bond acceptors (Lipinski definition) is 3. The number of carbonyl (C=O) groups is 2. The lowest BCUT2D eigenvalue weighted by Crippen LogP contribution is -2.46. The van der Waals surface area contributed by atoms with E-state index in [4.69, 9.17) is 11.6 Å². The molecule has 0 aliphatic carbocycles. The number of hydrogen-bond donors (Lipinski definition) is 3. The van der Waals surface area contributed by atoms with Crippen molar-refractivity contribution in [1.29, 1.82) is 0 Å². The molecule has 0 heterocycles. The number of carbonyl (C=O) groups excluding carboxylic acids is 2. The predicted molar refractivity (Wildman–Crippen MR) is 114 cm³/mol. The van der Waals surface area contributed by atoms with Crippen molar-refractivity contribution in [3.05, 3.63) is 107 Å². The SMILES string of the molecule is O=C(CNC(Cc1ccccc1)c1ccccc1)NNC(=O)c1ccccc1Cl. The molecule has 0 aliphatic rings. The normalized spacial score (nSPS) is 11.5. The van der Waals surface area contributed by atoms with Gasteiger partial charge in [0.05, 0.1) is 17.1 Å². The van der Waals surface area contributed by atoms with Gasteiger partial charge in [-0.3, -0.25) is 20.4 Å². The predicted octanol–water partition coefficient (Wildman–Crippen LogP) is 3.67. The lowest BCUT2D eigenvalue weighted by molar-refractivity contribution is -0.121. The van der Waals surface area contributed by atoms with Crippen molar-refractivity contribution >= 4 is 23.4 Å². The largest absolute Gasteiger partial charge is 0.301 e. The number of nitrogens with one attached hydrogen (secondary N) is 3. The van der Waals surface area contributed by atoms with Crippen molar-refractivity contribution in [2.24, 2.45) is 0 Å². The van der Waals surface area contributed by atoms with Crippen LogP contribution in [0.5, 0.6) is 0 Å². The molecule has 3 N–H and O–H groups in total. The lowest BCUT2D eigenvalue weighted by atomic mass is 9.99. The average molecular weight is 408 g/mol. The van der Waals surface area contributed by atoms with Gasteiger partial charge in [0.15, 0.2) is 0 Å². The monoisotopic (exact) mass is 407 g/mol. The van der Waals surface area contributed by atoms with Crippen LogP contribution in [-0.4, -0.2) is 18.4 Å². The Morgan fingerprint density at radius 1 is 0.793 bits per heavy atom. The summed E-state index contributed by atoms with van der Waals surface area (Å²) in [7, 11) is 0. The smallest absolute Gasteiger partial charge is 0.271 e. The van der Waals surface area contributed by atoms with Crippen LogP contribution < -0.4 is 16.2 Å². The van der Waals surface area contributed by atoms with Gasteiger partial charge in [0.25, 0.3) is 11.8 Å². The second kappa shape index (κ2) is 10.4. The second-order valence-electron chi connectivity index (χ2n) is 6.52. The molecule has 1 atom stereocenters. The van der Waals surface area contributed by atoms with Gasteiger partial charge in [-0.1, -0.05) is 84.4 Å². The Morgan fingerprint density at radius 3 is 2.10 bits per heavy atom. The van der Waals surface area contributed by atoms with Crippen molar-refractivity contribution < 1.29 is 9.59 Å². The van der Waals surface area contributed by atoms with Crippen molar-refractivity contribution in [3.63, 3.8) is 0 Å². The zero-order valence-corrected chi connectivity index (χ0v) is 16.5. The fourth-order valence-corrected chi connectivity index (χ4v) is 3.16. The highest BCUT2D eigenvalue weighted by Crippen LogP contribution is 2.18. The van der Waals surface area contributed by atoms with Gasteiger partial charge in [-0.15, -0.1) is 0 Å². The molecule has 0 bridgehead atoms. The fraction of sp³-hybridized carbons (Fsp3) is 0.130. The van der Waals surface area contributed by atoms with E-state index in [0.717, 1.165) is 12.0 Å². The van der Waals surface area contributed by atoms with Gasteiger partial charge in [-0.25, -0.2) is 0 Å². The molecule has 148 valence electrons. The van der Waals surface area contributed by atoms with Crippen molar-refractivity contribution in [2.75, 3.05) is 6.54 Å². The number of amides is 2. The second-order valence-corrected chi connectivity index (χ2v) is 6.92. The third kappa shape index (κ3) is 6.17. The summed E-state index contributed by atoms with van der Waals surface area (Å²) in [6.45, 7) is 0.0508. The van der Waals surface area contributed by atoms with E-state index >= 15 is 0 Å². The summed E-state index contributed by atoms with van der Waals surface area (Å²) >= 11 is 6.00. The van der Waals surface area contributed by atoms with Crippen LogP contribution in [0.1, 0.15) is 27.5 Å². The lowest BCUT2D eigenvalue weighted by Gasteiger charge is -2.19. The van der Waals surface area contributed by atoms with Crippen LogP contribution in [0.25, 0.3) is 0 Å². The molecule has 0 aliphatic heterocycles. The fourth-order valence-electron chi connectivity index (χ4n) is 2.94. The molecule has 29 heavy (non-hydrogen) atoms. The minimum atomic E-state index is -0.465. The van der Waals surface area contributed by atoms with Gasteiger partial charge in [0.1, 0.15) is 0 Å². The summed E-state index contributed by atoms with van der Waals surface area (Å²) in [4.78, 5) is 24.4. The van der Waals surface area contributed by atoms with E-state index in [9.17, 15) is 9.59 Å². The highest BCUT2D eigenvalue weighted by atomic mass is 35.5. The van der Waals surface area contributed by atoms with Gasteiger partial charge in [0, 0.05) is 6.04 Å². The van der Waals surface area contributed by atoms with E-state index in [1.54, 1.807) is 24.3 Å². The van der Waals surface area contributed by atoms with Crippen LogP contribution in [0.2, 0.25) is 5.02 Å². The van der Waals surface area contributed by atoms with Gasteiger partial charge in [-0.05, 0) is 29.7 Å². The molecule has 6 heteroatoms. The molecule has 3 rings (SSSR count). The van der Waals surface area contributed by atoms with E-state index in [-0.39, 0.29) is 18.5 Å². The van der Waals surface area contributed by atoms with E-state index in [1.807, 2.05) is 48.5 Å². The quantitative estimate of drug-likeness (QED) is 0.523. The summed E-state index contributed by atoms with van der Waals surface area (Å²) in [5.74, 6) is -0.813. The molecule has 0 fully saturated rings. The standard InChI is InChI=1S/C23H22ClN3O2/c24-20-14-8-7-13-19(20)23(29)27-26-22(28)16-25-21(18-11-5-2-6-12-18)15-17-9-3-1-4-10-17/h1-14,21,25H,15-16H2,(H,26,28)(H,27,29). The Labute approximate surface area is 175 Å². The Kier molecular flexibility index (Phi) is 7.39. The third-order valence-corrected chi connectivity index (χ3v) is 4.76. The minimum absolute atomic E-state index is 0.0383. The van der Waals surface area contributed by atoms with E-state index in [1.165, 1.54) is 5.56 Å². The Morgan fingerprint density at radius 2 is 1.41 bits per heavy atom. The molecule has 3 aromatic carbocycles. The van der Waals surface area contributed by atoms with Gasteiger partial charge in [-0.2, -0.15) is 0 Å². The summed E-state index contributed by atoms with van der Waals surface area (Å²) in [5.41, 5.74) is 7.36. The molecule has 0 saturated carbocycles. The van der Waals surface area contributed by atoms with E-state index in [0.29, 0.717) is 10.6 Å². The average Bonchev–Trinajstić information content (AvgIpc) is 2.76. The highest BCUT2D eigenvalue weighted by molar-refractivity contribution is 6.33. The van der Waals surface area contributed by atoms with Crippen molar-refractivity contribution in [1.82, 2.24) is 16.2 Å². The first kappa shape index (κ1) is 20.6. The van der Waals surface area contributed by atoms with Crippen LogP contribution >= 0.6 is 11.6 Å². The van der Waals surface area contributed by atoms with Crippen LogP contribution in [-0.2, 0) is 11.2 Å². The summed E-state index contributed by atoms with van der Waals surface area (Å²) < 4.78 is 0. The maximum atomic E-state index is 12.2. The number of rotatable bonds is 7. The summed E-state index contributed by atoms with van der Waals surface area (Å²) in [5, 5.41) is 3.59. The van der Waals surface area contributed by atoms with Crippen LogP contribution in [0.3, 0.4) is 0 Å². The molecule has 5 nitrogen and oxygen atoms in total. The first-order valence-electron chi connectivity index (χ1n) is 9.29. The molecule has 0 aromatic heterocycles.